The van der Waals surface area contributed by atoms with Gasteiger partial charge in [-0.1, -0.05) is 12.1 Å². The van der Waals surface area contributed by atoms with Crippen molar-refractivity contribution in [3.8, 4) is 0 Å². The molecule has 1 aliphatic heterocycles. The number of anilines is 2. The van der Waals surface area contributed by atoms with Gasteiger partial charge in [0.15, 0.2) is 0 Å². The third-order valence-electron chi connectivity index (χ3n) is 4.50. The fourth-order valence-electron chi connectivity index (χ4n) is 3.08. The van der Waals surface area contributed by atoms with Crippen molar-refractivity contribution >= 4 is 46.3 Å². The second-order valence-corrected chi connectivity index (χ2v) is 8.18. The lowest BCUT2D eigenvalue weighted by molar-refractivity contribution is -0.117. The molecule has 1 aromatic heterocycles. The average Bonchev–Trinajstić information content (AvgIpc) is 3.39. The zero-order valence-corrected chi connectivity index (χ0v) is 16.8. The highest BCUT2D eigenvalue weighted by Gasteiger charge is 2.24. The Kier molecular flexibility index (Phi) is 5.73. The predicted octanol–water partition coefficient (Wildman–Crippen LogP) is 4.81. The molecule has 0 bridgehead atoms. The zero-order chi connectivity index (χ0) is 19.3. The largest absolute Gasteiger partial charge is 0.320 e. The van der Waals surface area contributed by atoms with E-state index in [0.29, 0.717) is 24.2 Å². The first-order valence-corrected chi connectivity index (χ1v) is 10.9. The van der Waals surface area contributed by atoms with Crippen molar-refractivity contribution in [1.29, 1.82) is 0 Å². The number of amides is 2. The third kappa shape index (κ3) is 4.26. The maximum Gasteiger partial charge on any atom is 0.255 e. The molecule has 0 atom stereocenters. The van der Waals surface area contributed by atoms with E-state index >= 15 is 0 Å². The fraction of sp³-hybridized carbons (Fsp3) is 0.190. The van der Waals surface area contributed by atoms with Crippen molar-refractivity contribution in [1.82, 2.24) is 4.98 Å². The summed E-state index contributed by atoms with van der Waals surface area (Å²) in [6, 6.07) is 15.0. The standard InChI is InChI=1S/C21H19N3O2S2/c25-20-6-3-11-24(20)19-5-2-1-4-18(19)23-21(26)15-7-9-17(10-8-15)28-13-16-12-27-14-22-16/h1-2,4-5,7-10,12,14H,3,6,11,13H2,(H,23,26). The molecular formula is C21H19N3O2S2. The monoisotopic (exact) mass is 409 g/mol. The van der Waals surface area contributed by atoms with Crippen molar-refractivity contribution in [2.75, 3.05) is 16.8 Å². The number of hydrogen-bond donors (Lipinski definition) is 1. The molecule has 1 fully saturated rings. The molecule has 28 heavy (non-hydrogen) atoms. The molecule has 0 radical (unpaired) electrons. The van der Waals surface area contributed by atoms with Gasteiger partial charge in [0, 0.05) is 34.6 Å². The summed E-state index contributed by atoms with van der Waals surface area (Å²) in [6.07, 6.45) is 1.41. The quantitative estimate of drug-likeness (QED) is 0.593. The van der Waals surface area contributed by atoms with Crippen LogP contribution in [-0.4, -0.2) is 23.3 Å². The van der Waals surface area contributed by atoms with Crippen LogP contribution < -0.4 is 10.2 Å². The van der Waals surface area contributed by atoms with Crippen LogP contribution in [-0.2, 0) is 10.5 Å². The zero-order valence-electron chi connectivity index (χ0n) is 15.1. The van der Waals surface area contributed by atoms with Gasteiger partial charge >= 0.3 is 0 Å². The first-order valence-electron chi connectivity index (χ1n) is 9.01. The summed E-state index contributed by atoms with van der Waals surface area (Å²) >= 11 is 3.28. The lowest BCUT2D eigenvalue weighted by Gasteiger charge is -2.20. The Morgan fingerprint density at radius 2 is 2.00 bits per heavy atom. The maximum atomic E-state index is 12.7. The number of rotatable bonds is 6. The first-order chi connectivity index (χ1) is 13.7. The Morgan fingerprint density at radius 3 is 2.71 bits per heavy atom. The lowest BCUT2D eigenvalue weighted by Crippen LogP contribution is -2.25. The number of thiazole rings is 1. The summed E-state index contributed by atoms with van der Waals surface area (Å²) in [4.78, 5) is 31.9. The minimum Gasteiger partial charge on any atom is -0.320 e. The summed E-state index contributed by atoms with van der Waals surface area (Å²) in [5.74, 6) is 0.727. The molecule has 0 saturated carbocycles. The molecule has 0 spiro atoms. The van der Waals surface area contributed by atoms with Crippen molar-refractivity contribution in [2.24, 2.45) is 0 Å². The number of para-hydroxylation sites is 2. The minimum absolute atomic E-state index is 0.100. The van der Waals surface area contributed by atoms with Crippen LogP contribution >= 0.6 is 23.1 Å². The van der Waals surface area contributed by atoms with Crippen molar-refractivity contribution in [3.05, 3.63) is 70.7 Å². The molecule has 0 aliphatic carbocycles. The first kappa shape index (κ1) is 18.7. The molecule has 2 heterocycles. The van der Waals surface area contributed by atoms with Gasteiger partial charge in [0.25, 0.3) is 5.91 Å². The van der Waals surface area contributed by atoms with E-state index in [1.54, 1.807) is 28.0 Å². The molecule has 1 aliphatic rings. The second-order valence-electron chi connectivity index (χ2n) is 6.41. The van der Waals surface area contributed by atoms with E-state index in [9.17, 15) is 9.59 Å². The van der Waals surface area contributed by atoms with E-state index in [-0.39, 0.29) is 11.8 Å². The minimum atomic E-state index is -0.185. The van der Waals surface area contributed by atoms with Gasteiger partial charge in [-0.05, 0) is 42.8 Å². The molecule has 0 unspecified atom stereocenters. The van der Waals surface area contributed by atoms with Crippen LogP contribution in [0.4, 0.5) is 11.4 Å². The summed E-state index contributed by atoms with van der Waals surface area (Å²) in [5, 5.41) is 4.99. The van der Waals surface area contributed by atoms with E-state index in [2.05, 4.69) is 10.3 Å². The van der Waals surface area contributed by atoms with Crippen molar-refractivity contribution < 1.29 is 9.59 Å². The highest BCUT2D eigenvalue weighted by atomic mass is 32.2. The van der Waals surface area contributed by atoms with E-state index in [0.717, 1.165) is 28.5 Å². The van der Waals surface area contributed by atoms with Gasteiger partial charge in [-0.15, -0.1) is 23.1 Å². The van der Waals surface area contributed by atoms with Gasteiger partial charge in [0.05, 0.1) is 22.6 Å². The number of aromatic nitrogens is 1. The van der Waals surface area contributed by atoms with Crippen LogP contribution in [0, 0.1) is 0 Å². The van der Waals surface area contributed by atoms with Crippen molar-refractivity contribution in [3.63, 3.8) is 0 Å². The smallest absolute Gasteiger partial charge is 0.255 e. The summed E-state index contributed by atoms with van der Waals surface area (Å²) < 4.78 is 0. The average molecular weight is 410 g/mol. The van der Waals surface area contributed by atoms with E-state index in [1.807, 2.05) is 59.4 Å². The molecule has 5 nitrogen and oxygen atoms in total. The van der Waals surface area contributed by atoms with E-state index < -0.39 is 0 Å². The van der Waals surface area contributed by atoms with Crippen LogP contribution in [0.3, 0.4) is 0 Å². The Hall–Kier alpha value is -2.64. The number of carbonyl (C=O) groups excluding carboxylic acids is 2. The summed E-state index contributed by atoms with van der Waals surface area (Å²) in [7, 11) is 0. The van der Waals surface area contributed by atoms with Crippen molar-refractivity contribution in [2.45, 2.75) is 23.5 Å². The van der Waals surface area contributed by atoms with Crippen LogP contribution in [0.5, 0.6) is 0 Å². The Morgan fingerprint density at radius 1 is 1.18 bits per heavy atom. The molecule has 1 N–H and O–H groups in total. The topological polar surface area (TPSA) is 62.3 Å². The Balaban J connectivity index is 1.43. The van der Waals surface area contributed by atoms with Gasteiger partial charge in [-0.3, -0.25) is 9.59 Å². The molecule has 1 saturated heterocycles. The highest BCUT2D eigenvalue weighted by molar-refractivity contribution is 7.98. The van der Waals surface area contributed by atoms with Crippen LogP contribution in [0.15, 0.2) is 64.3 Å². The number of benzene rings is 2. The van der Waals surface area contributed by atoms with E-state index in [4.69, 9.17) is 0 Å². The number of carbonyl (C=O) groups is 2. The normalized spacial score (nSPS) is 13.7. The van der Waals surface area contributed by atoms with Gasteiger partial charge in [-0.2, -0.15) is 0 Å². The number of hydrogen-bond acceptors (Lipinski definition) is 5. The fourth-order valence-corrected chi connectivity index (χ4v) is 4.55. The summed E-state index contributed by atoms with van der Waals surface area (Å²) in [6.45, 7) is 0.691. The molecule has 4 rings (SSSR count). The van der Waals surface area contributed by atoms with E-state index in [1.165, 1.54) is 0 Å². The SMILES string of the molecule is O=C(Nc1ccccc1N1CCCC1=O)c1ccc(SCc2cscn2)cc1. The molecule has 2 amide bonds. The van der Waals surface area contributed by atoms with Gasteiger partial charge in [-0.25, -0.2) is 4.98 Å². The van der Waals surface area contributed by atoms with Gasteiger partial charge in [0.2, 0.25) is 5.91 Å². The lowest BCUT2D eigenvalue weighted by atomic mass is 10.2. The number of nitrogens with one attached hydrogen (secondary N) is 1. The second kappa shape index (κ2) is 8.58. The molecular weight excluding hydrogens is 390 g/mol. The van der Waals surface area contributed by atoms with Crippen LogP contribution in [0.1, 0.15) is 28.9 Å². The van der Waals surface area contributed by atoms with Crippen LogP contribution in [0.25, 0.3) is 0 Å². The van der Waals surface area contributed by atoms with Gasteiger partial charge < -0.3 is 10.2 Å². The summed E-state index contributed by atoms with van der Waals surface area (Å²) in [5.41, 5.74) is 4.89. The van der Waals surface area contributed by atoms with Gasteiger partial charge in [0.1, 0.15) is 0 Å². The third-order valence-corrected chi connectivity index (χ3v) is 6.18. The molecule has 3 aromatic rings. The maximum absolute atomic E-state index is 12.7. The molecule has 7 heteroatoms. The Labute approximate surface area is 171 Å². The highest BCUT2D eigenvalue weighted by Crippen LogP contribution is 2.30. The van der Waals surface area contributed by atoms with Crippen LogP contribution in [0.2, 0.25) is 0 Å². The number of nitrogens with zero attached hydrogens (tertiary/aromatic N) is 2. The molecule has 142 valence electrons. The Bertz CT molecular complexity index is 972. The predicted molar refractivity (Wildman–Crippen MR) is 114 cm³/mol. The number of thioether (sulfide) groups is 1. The molecule has 2 aromatic carbocycles.